The molecule has 3 rings (SSSR count). The number of hydrogen-bond acceptors (Lipinski definition) is 4. The van der Waals surface area contributed by atoms with Crippen LogP contribution in [0, 0.1) is 13.8 Å². The van der Waals surface area contributed by atoms with E-state index in [0.717, 1.165) is 22.5 Å². The molecule has 7 heteroatoms. The van der Waals surface area contributed by atoms with Crippen LogP contribution in [0.5, 0.6) is 0 Å². The normalized spacial score (nSPS) is 12.0. The van der Waals surface area contributed by atoms with E-state index in [1.54, 1.807) is 6.33 Å². The van der Waals surface area contributed by atoms with Crippen LogP contribution < -0.4 is 5.32 Å². The van der Waals surface area contributed by atoms with Gasteiger partial charge in [0, 0.05) is 10.7 Å². The minimum atomic E-state index is -0.336. The van der Waals surface area contributed by atoms with Crippen molar-refractivity contribution in [2.24, 2.45) is 0 Å². The molecule has 0 aliphatic carbocycles. The molecule has 0 aliphatic rings. The highest BCUT2D eigenvalue weighted by molar-refractivity contribution is 8.00. The largest absolute Gasteiger partial charge is 0.325 e. The third kappa shape index (κ3) is 4.26. The van der Waals surface area contributed by atoms with Gasteiger partial charge in [-0.25, -0.2) is 0 Å². The van der Waals surface area contributed by atoms with Crippen LogP contribution >= 0.6 is 23.4 Å². The zero-order valence-corrected chi connectivity index (χ0v) is 16.3. The number of amides is 1. The van der Waals surface area contributed by atoms with Gasteiger partial charge in [0.15, 0.2) is 5.16 Å². The summed E-state index contributed by atoms with van der Waals surface area (Å²) in [6, 6.07) is 13.4. The van der Waals surface area contributed by atoms with Crippen LogP contribution in [-0.2, 0) is 4.79 Å². The first-order valence-electron chi connectivity index (χ1n) is 8.15. The molecule has 134 valence electrons. The Balaban J connectivity index is 1.74. The zero-order valence-electron chi connectivity index (χ0n) is 14.7. The number of carbonyl (C=O) groups excluding carboxylic acids is 1. The Bertz CT molecular complexity index is 941. The Morgan fingerprint density at radius 2 is 2.04 bits per heavy atom. The van der Waals surface area contributed by atoms with E-state index in [9.17, 15) is 4.79 Å². The molecule has 0 aliphatic heterocycles. The number of benzene rings is 2. The molecule has 0 spiro atoms. The highest BCUT2D eigenvalue weighted by Gasteiger charge is 2.19. The standard InChI is InChI=1S/C19H19ClN4OS/c1-12-7-8-13(2)17(9-12)22-18(25)14(3)26-19-23-21-11-24(19)16-6-4-5-15(20)10-16/h4-11,14H,1-3H3,(H,22,25). The highest BCUT2D eigenvalue weighted by atomic mass is 35.5. The van der Waals surface area contributed by atoms with E-state index in [0.29, 0.717) is 10.2 Å². The molecule has 0 fully saturated rings. The summed E-state index contributed by atoms with van der Waals surface area (Å²) < 4.78 is 1.82. The van der Waals surface area contributed by atoms with Crippen molar-refractivity contribution in [1.82, 2.24) is 14.8 Å². The fourth-order valence-electron chi connectivity index (χ4n) is 2.42. The Kier molecular flexibility index (Phi) is 5.64. The molecule has 0 bridgehead atoms. The Hall–Kier alpha value is -2.31. The van der Waals surface area contributed by atoms with Gasteiger partial charge in [-0.3, -0.25) is 9.36 Å². The van der Waals surface area contributed by atoms with E-state index in [4.69, 9.17) is 11.6 Å². The lowest BCUT2D eigenvalue weighted by Gasteiger charge is -2.14. The molecule has 5 nitrogen and oxygen atoms in total. The third-order valence-electron chi connectivity index (χ3n) is 3.91. The molecule has 1 amide bonds. The van der Waals surface area contributed by atoms with Crippen LogP contribution in [0.2, 0.25) is 5.02 Å². The number of anilines is 1. The lowest BCUT2D eigenvalue weighted by Crippen LogP contribution is -2.23. The van der Waals surface area contributed by atoms with Gasteiger partial charge in [0.1, 0.15) is 6.33 Å². The van der Waals surface area contributed by atoms with E-state index in [1.165, 1.54) is 11.8 Å². The quantitative estimate of drug-likeness (QED) is 0.648. The van der Waals surface area contributed by atoms with Crippen molar-refractivity contribution in [1.29, 1.82) is 0 Å². The fourth-order valence-corrected chi connectivity index (χ4v) is 3.45. The molecule has 1 N–H and O–H groups in total. The van der Waals surface area contributed by atoms with Gasteiger partial charge >= 0.3 is 0 Å². The second kappa shape index (κ2) is 7.93. The summed E-state index contributed by atoms with van der Waals surface area (Å²) in [7, 11) is 0. The SMILES string of the molecule is Cc1ccc(C)c(NC(=O)C(C)Sc2nncn2-c2cccc(Cl)c2)c1. The third-order valence-corrected chi connectivity index (χ3v) is 5.20. The number of hydrogen-bond donors (Lipinski definition) is 1. The van der Waals surface area contributed by atoms with Crippen LogP contribution in [0.25, 0.3) is 5.69 Å². The first-order chi connectivity index (χ1) is 12.4. The van der Waals surface area contributed by atoms with Gasteiger partial charge in [-0.05, 0) is 56.2 Å². The predicted molar refractivity (Wildman–Crippen MR) is 106 cm³/mol. The summed E-state index contributed by atoms with van der Waals surface area (Å²) in [6.07, 6.45) is 1.61. The van der Waals surface area contributed by atoms with Crippen molar-refractivity contribution in [2.45, 2.75) is 31.2 Å². The zero-order chi connectivity index (χ0) is 18.7. The molecular formula is C19H19ClN4OS. The van der Waals surface area contributed by atoms with Crippen molar-refractivity contribution in [3.05, 3.63) is 64.9 Å². The predicted octanol–water partition coefficient (Wildman–Crippen LogP) is 4.66. The number of nitrogens with one attached hydrogen (secondary N) is 1. The molecule has 2 aromatic carbocycles. The number of aromatic nitrogens is 3. The topological polar surface area (TPSA) is 59.8 Å². The van der Waals surface area contributed by atoms with Gasteiger partial charge in [0.2, 0.25) is 5.91 Å². The fraction of sp³-hybridized carbons (Fsp3) is 0.211. The summed E-state index contributed by atoms with van der Waals surface area (Å²) in [5, 5.41) is 12.0. The second-order valence-corrected chi connectivity index (χ2v) is 7.78. The van der Waals surface area contributed by atoms with Gasteiger partial charge in [-0.15, -0.1) is 10.2 Å². The maximum absolute atomic E-state index is 12.6. The molecule has 1 aromatic heterocycles. The van der Waals surface area contributed by atoms with Gasteiger partial charge in [0.25, 0.3) is 0 Å². The number of halogens is 1. The van der Waals surface area contributed by atoms with Crippen molar-refractivity contribution < 1.29 is 4.79 Å². The minimum Gasteiger partial charge on any atom is -0.325 e. The molecular weight excluding hydrogens is 368 g/mol. The molecule has 1 heterocycles. The average Bonchev–Trinajstić information content (AvgIpc) is 3.06. The van der Waals surface area contributed by atoms with Gasteiger partial charge in [-0.1, -0.05) is 41.6 Å². The number of carbonyl (C=O) groups is 1. The van der Waals surface area contributed by atoms with Crippen LogP contribution in [0.15, 0.2) is 53.9 Å². The number of rotatable bonds is 5. The van der Waals surface area contributed by atoms with E-state index < -0.39 is 0 Å². The summed E-state index contributed by atoms with van der Waals surface area (Å²) >= 11 is 7.41. The monoisotopic (exact) mass is 386 g/mol. The van der Waals surface area contributed by atoms with Crippen LogP contribution in [0.3, 0.4) is 0 Å². The molecule has 0 saturated heterocycles. The van der Waals surface area contributed by atoms with Crippen molar-refractivity contribution in [3.8, 4) is 5.69 Å². The van der Waals surface area contributed by atoms with Gasteiger partial charge < -0.3 is 5.32 Å². The summed E-state index contributed by atoms with van der Waals surface area (Å²) in [5.74, 6) is -0.0793. The summed E-state index contributed by atoms with van der Waals surface area (Å²) in [4.78, 5) is 12.6. The number of nitrogens with zero attached hydrogens (tertiary/aromatic N) is 3. The van der Waals surface area contributed by atoms with Crippen LogP contribution in [-0.4, -0.2) is 25.9 Å². The summed E-state index contributed by atoms with van der Waals surface area (Å²) in [6.45, 7) is 5.82. The van der Waals surface area contributed by atoms with E-state index in [-0.39, 0.29) is 11.2 Å². The molecule has 1 unspecified atom stereocenters. The van der Waals surface area contributed by atoms with E-state index in [2.05, 4.69) is 15.5 Å². The highest BCUT2D eigenvalue weighted by Crippen LogP contribution is 2.26. The van der Waals surface area contributed by atoms with Crippen molar-refractivity contribution in [2.75, 3.05) is 5.32 Å². The maximum atomic E-state index is 12.6. The Morgan fingerprint density at radius 3 is 2.81 bits per heavy atom. The Labute approximate surface area is 161 Å². The molecule has 26 heavy (non-hydrogen) atoms. The lowest BCUT2D eigenvalue weighted by atomic mass is 10.1. The van der Waals surface area contributed by atoms with E-state index in [1.807, 2.05) is 67.8 Å². The van der Waals surface area contributed by atoms with E-state index >= 15 is 0 Å². The smallest absolute Gasteiger partial charge is 0.237 e. The number of thioether (sulfide) groups is 1. The average molecular weight is 387 g/mol. The van der Waals surface area contributed by atoms with Crippen LogP contribution in [0.1, 0.15) is 18.1 Å². The van der Waals surface area contributed by atoms with Gasteiger partial charge in [0.05, 0.1) is 10.9 Å². The molecule has 0 saturated carbocycles. The van der Waals surface area contributed by atoms with Crippen molar-refractivity contribution >= 4 is 35.0 Å². The first kappa shape index (κ1) is 18.5. The minimum absolute atomic E-state index is 0.0793. The maximum Gasteiger partial charge on any atom is 0.237 e. The lowest BCUT2D eigenvalue weighted by molar-refractivity contribution is -0.115. The molecule has 0 radical (unpaired) electrons. The number of aryl methyl sites for hydroxylation is 2. The van der Waals surface area contributed by atoms with Gasteiger partial charge in [-0.2, -0.15) is 0 Å². The second-order valence-electron chi connectivity index (χ2n) is 6.03. The van der Waals surface area contributed by atoms with Crippen molar-refractivity contribution in [3.63, 3.8) is 0 Å². The molecule has 3 aromatic rings. The first-order valence-corrected chi connectivity index (χ1v) is 9.40. The Morgan fingerprint density at radius 1 is 1.23 bits per heavy atom. The summed E-state index contributed by atoms with van der Waals surface area (Å²) in [5.41, 5.74) is 3.82. The molecule has 1 atom stereocenters. The van der Waals surface area contributed by atoms with Crippen LogP contribution in [0.4, 0.5) is 5.69 Å².